The van der Waals surface area contributed by atoms with Crippen LogP contribution in [0.3, 0.4) is 0 Å². The number of fused-ring (bicyclic) bond motifs is 1. The van der Waals surface area contributed by atoms with Crippen LogP contribution in [0.4, 0.5) is 5.69 Å². The zero-order valence-corrected chi connectivity index (χ0v) is 15.6. The van der Waals surface area contributed by atoms with E-state index in [-0.39, 0.29) is 5.91 Å². The van der Waals surface area contributed by atoms with Crippen molar-refractivity contribution in [2.45, 2.75) is 20.8 Å². The summed E-state index contributed by atoms with van der Waals surface area (Å²) in [6.07, 6.45) is 0. The summed E-state index contributed by atoms with van der Waals surface area (Å²) in [7, 11) is 0. The highest BCUT2D eigenvalue weighted by atomic mass is 32.1. The first kappa shape index (κ1) is 16.5. The van der Waals surface area contributed by atoms with Gasteiger partial charge >= 0.3 is 0 Å². The number of aryl methyl sites for hydroxylation is 3. The molecule has 130 valence electrons. The Morgan fingerprint density at radius 1 is 1.04 bits per heavy atom. The minimum absolute atomic E-state index is 0.125. The molecule has 0 unspecified atom stereocenters. The Bertz CT molecular complexity index is 1110. The average Bonchev–Trinajstić information content (AvgIpc) is 3.17. The topological polar surface area (TPSA) is 70.7 Å². The number of nitrogens with one attached hydrogen (secondary N) is 2. The van der Waals surface area contributed by atoms with Gasteiger partial charge in [0.2, 0.25) is 0 Å². The summed E-state index contributed by atoms with van der Waals surface area (Å²) in [5, 5.41) is 3.82. The number of anilines is 1. The number of nitrogens with zero attached hydrogens (tertiary/aromatic N) is 2. The molecule has 0 saturated carbocycles. The highest BCUT2D eigenvalue weighted by Crippen LogP contribution is 2.24. The Morgan fingerprint density at radius 3 is 2.50 bits per heavy atom. The summed E-state index contributed by atoms with van der Waals surface area (Å²) in [5.74, 6) is 0.692. The van der Waals surface area contributed by atoms with Crippen LogP contribution in [0.15, 0.2) is 42.5 Å². The standard InChI is InChI=1S/C20H18N4OS/c1-11-4-9-16-17(10-11)24-19(23-16)14-5-7-15(8-6-14)22-20(25)18-12(2)21-13(3)26-18/h4-10H,1-3H3,(H,22,25)(H,23,24). The monoisotopic (exact) mass is 362 g/mol. The second-order valence-corrected chi connectivity index (χ2v) is 7.49. The number of rotatable bonds is 3. The fourth-order valence-corrected chi connectivity index (χ4v) is 3.72. The van der Waals surface area contributed by atoms with Crippen LogP contribution in [-0.4, -0.2) is 20.9 Å². The number of aromatic nitrogens is 3. The number of hydrogen-bond donors (Lipinski definition) is 2. The molecule has 0 bridgehead atoms. The lowest BCUT2D eigenvalue weighted by molar-refractivity contribution is 0.103. The van der Waals surface area contributed by atoms with E-state index in [9.17, 15) is 4.79 Å². The van der Waals surface area contributed by atoms with Crippen LogP contribution in [0.5, 0.6) is 0 Å². The number of imidazole rings is 1. The number of amides is 1. The zero-order chi connectivity index (χ0) is 18.3. The average molecular weight is 362 g/mol. The molecule has 0 radical (unpaired) electrons. The van der Waals surface area contributed by atoms with E-state index < -0.39 is 0 Å². The number of hydrogen-bond acceptors (Lipinski definition) is 4. The predicted molar refractivity (Wildman–Crippen MR) is 106 cm³/mol. The number of carbonyl (C=O) groups is 1. The third-order valence-corrected chi connectivity index (χ3v) is 5.23. The Kier molecular flexibility index (Phi) is 4.05. The molecule has 2 N–H and O–H groups in total. The first-order chi connectivity index (χ1) is 12.5. The number of H-pyrrole nitrogens is 1. The third-order valence-electron chi connectivity index (χ3n) is 4.16. The van der Waals surface area contributed by atoms with Crippen LogP contribution in [-0.2, 0) is 0 Å². The molecule has 0 spiro atoms. The maximum atomic E-state index is 12.4. The minimum Gasteiger partial charge on any atom is -0.338 e. The molecule has 0 saturated heterocycles. The van der Waals surface area contributed by atoms with Crippen molar-refractivity contribution in [3.8, 4) is 11.4 Å². The fraction of sp³-hybridized carbons (Fsp3) is 0.150. The SMILES string of the molecule is Cc1ccc2nc(-c3ccc(NC(=O)c4sc(C)nc4C)cc3)[nH]c2c1. The van der Waals surface area contributed by atoms with Gasteiger partial charge < -0.3 is 10.3 Å². The molecule has 4 aromatic rings. The lowest BCUT2D eigenvalue weighted by Gasteiger charge is -2.05. The van der Waals surface area contributed by atoms with Gasteiger partial charge in [0.05, 0.1) is 21.7 Å². The molecule has 1 amide bonds. The molecule has 6 heteroatoms. The van der Waals surface area contributed by atoms with E-state index >= 15 is 0 Å². The summed E-state index contributed by atoms with van der Waals surface area (Å²) in [5.41, 5.74) is 5.64. The van der Waals surface area contributed by atoms with Crippen LogP contribution in [0.1, 0.15) is 25.9 Å². The van der Waals surface area contributed by atoms with Gasteiger partial charge in [-0.1, -0.05) is 6.07 Å². The maximum Gasteiger partial charge on any atom is 0.267 e. The van der Waals surface area contributed by atoms with Gasteiger partial charge in [-0.05, 0) is 62.7 Å². The largest absolute Gasteiger partial charge is 0.338 e. The van der Waals surface area contributed by atoms with Crippen molar-refractivity contribution in [3.63, 3.8) is 0 Å². The first-order valence-corrected chi connectivity index (χ1v) is 9.13. The normalized spacial score (nSPS) is 11.0. The van der Waals surface area contributed by atoms with Gasteiger partial charge in [0.25, 0.3) is 5.91 Å². The summed E-state index contributed by atoms with van der Waals surface area (Å²) >= 11 is 1.41. The fourth-order valence-electron chi connectivity index (χ4n) is 2.90. The van der Waals surface area contributed by atoms with Gasteiger partial charge in [0.15, 0.2) is 0 Å². The van der Waals surface area contributed by atoms with Crippen molar-refractivity contribution in [1.82, 2.24) is 15.0 Å². The molecule has 0 atom stereocenters. The van der Waals surface area contributed by atoms with Gasteiger partial charge in [0.1, 0.15) is 10.7 Å². The molecule has 4 rings (SSSR count). The van der Waals surface area contributed by atoms with E-state index in [1.54, 1.807) is 0 Å². The third kappa shape index (κ3) is 3.11. The lowest BCUT2D eigenvalue weighted by atomic mass is 10.2. The molecule has 26 heavy (non-hydrogen) atoms. The molecule has 0 aliphatic carbocycles. The van der Waals surface area contributed by atoms with Gasteiger partial charge in [-0.3, -0.25) is 4.79 Å². The van der Waals surface area contributed by atoms with E-state index in [1.807, 2.05) is 44.2 Å². The van der Waals surface area contributed by atoms with E-state index in [0.29, 0.717) is 4.88 Å². The van der Waals surface area contributed by atoms with Crippen LogP contribution >= 0.6 is 11.3 Å². The molecular formula is C20H18N4OS. The molecule has 2 aromatic heterocycles. The van der Waals surface area contributed by atoms with Gasteiger partial charge in [-0.2, -0.15) is 0 Å². The Hall–Kier alpha value is -2.99. The Morgan fingerprint density at radius 2 is 1.81 bits per heavy atom. The zero-order valence-electron chi connectivity index (χ0n) is 14.8. The number of benzene rings is 2. The number of thiazole rings is 1. The summed E-state index contributed by atoms with van der Waals surface area (Å²) in [6.45, 7) is 5.81. The van der Waals surface area contributed by atoms with Crippen molar-refractivity contribution in [1.29, 1.82) is 0 Å². The van der Waals surface area contributed by atoms with Crippen LogP contribution in [0.25, 0.3) is 22.4 Å². The second-order valence-electron chi connectivity index (χ2n) is 6.28. The maximum absolute atomic E-state index is 12.4. The molecular weight excluding hydrogens is 344 g/mol. The highest BCUT2D eigenvalue weighted by Gasteiger charge is 2.14. The summed E-state index contributed by atoms with van der Waals surface area (Å²) in [4.78, 5) is 25.3. The quantitative estimate of drug-likeness (QED) is 0.546. The van der Waals surface area contributed by atoms with E-state index in [1.165, 1.54) is 16.9 Å². The molecule has 5 nitrogen and oxygen atoms in total. The van der Waals surface area contributed by atoms with Gasteiger partial charge in [-0.15, -0.1) is 11.3 Å². The van der Waals surface area contributed by atoms with Crippen LogP contribution in [0.2, 0.25) is 0 Å². The van der Waals surface area contributed by atoms with Crippen molar-refractivity contribution >= 4 is 34.0 Å². The van der Waals surface area contributed by atoms with E-state index in [0.717, 1.165) is 38.8 Å². The van der Waals surface area contributed by atoms with Gasteiger partial charge in [-0.25, -0.2) is 9.97 Å². The Balaban J connectivity index is 1.56. The van der Waals surface area contributed by atoms with E-state index in [4.69, 9.17) is 0 Å². The summed E-state index contributed by atoms with van der Waals surface area (Å²) in [6, 6.07) is 13.8. The van der Waals surface area contributed by atoms with Crippen LogP contribution < -0.4 is 5.32 Å². The predicted octanol–water partition coefficient (Wildman–Crippen LogP) is 4.86. The molecule has 0 aliphatic rings. The number of carbonyl (C=O) groups excluding carboxylic acids is 1. The molecule has 2 heterocycles. The first-order valence-electron chi connectivity index (χ1n) is 8.32. The van der Waals surface area contributed by atoms with Crippen molar-refractivity contribution in [2.75, 3.05) is 5.32 Å². The number of aromatic amines is 1. The van der Waals surface area contributed by atoms with Crippen molar-refractivity contribution < 1.29 is 4.79 Å². The lowest BCUT2D eigenvalue weighted by Crippen LogP contribution is -2.11. The van der Waals surface area contributed by atoms with Crippen LogP contribution in [0, 0.1) is 20.8 Å². The second kappa shape index (κ2) is 6.38. The summed E-state index contributed by atoms with van der Waals surface area (Å²) < 4.78 is 0. The minimum atomic E-state index is -0.125. The molecule has 0 aliphatic heterocycles. The van der Waals surface area contributed by atoms with Gasteiger partial charge in [0, 0.05) is 11.3 Å². The van der Waals surface area contributed by atoms with Crippen molar-refractivity contribution in [2.24, 2.45) is 0 Å². The Labute approximate surface area is 155 Å². The van der Waals surface area contributed by atoms with Crippen molar-refractivity contribution in [3.05, 3.63) is 63.6 Å². The molecule has 2 aromatic carbocycles. The molecule has 0 fully saturated rings. The highest BCUT2D eigenvalue weighted by molar-refractivity contribution is 7.13. The van der Waals surface area contributed by atoms with E-state index in [2.05, 4.69) is 39.3 Å². The smallest absolute Gasteiger partial charge is 0.267 e.